The third kappa shape index (κ3) is 5.50. The summed E-state index contributed by atoms with van der Waals surface area (Å²) in [5.41, 5.74) is 0.403. The van der Waals surface area contributed by atoms with Crippen LogP contribution in [0.2, 0.25) is 0 Å². The van der Waals surface area contributed by atoms with Crippen LogP contribution in [0.15, 0.2) is 24.3 Å². The summed E-state index contributed by atoms with van der Waals surface area (Å²) in [7, 11) is 0. The van der Waals surface area contributed by atoms with Crippen molar-refractivity contribution < 1.29 is 28.6 Å². The zero-order valence-corrected chi connectivity index (χ0v) is 22.7. The third-order valence-electron chi connectivity index (χ3n) is 10.2. The highest BCUT2D eigenvalue weighted by atomic mass is 19.1. The van der Waals surface area contributed by atoms with Crippen LogP contribution in [0.25, 0.3) is 0 Å². The van der Waals surface area contributed by atoms with E-state index in [1.807, 2.05) is 0 Å². The van der Waals surface area contributed by atoms with Crippen LogP contribution in [0, 0.1) is 34.4 Å². The summed E-state index contributed by atoms with van der Waals surface area (Å²) in [6, 6.07) is 6.11. The first kappa shape index (κ1) is 27.5. The molecule has 4 aliphatic rings. The molecule has 2 amide bonds. The van der Waals surface area contributed by atoms with Crippen LogP contribution in [0.4, 0.5) is 4.39 Å². The van der Waals surface area contributed by atoms with E-state index in [1.165, 1.54) is 12.1 Å². The normalized spacial score (nSPS) is 37.2. The molecule has 3 N–H and O–H groups in total. The molecule has 4 fully saturated rings. The van der Waals surface area contributed by atoms with Crippen molar-refractivity contribution in [2.75, 3.05) is 13.2 Å². The lowest BCUT2D eigenvalue weighted by Crippen LogP contribution is -2.63. The number of rotatable bonds is 7. The van der Waals surface area contributed by atoms with Crippen molar-refractivity contribution in [1.82, 2.24) is 10.6 Å². The zero-order valence-electron chi connectivity index (χ0n) is 22.7. The van der Waals surface area contributed by atoms with Gasteiger partial charge in [0.05, 0.1) is 25.4 Å². The van der Waals surface area contributed by atoms with E-state index in [9.17, 15) is 19.1 Å². The number of hydrogen-bond donors (Lipinski definition) is 3. The van der Waals surface area contributed by atoms with Gasteiger partial charge in [0.2, 0.25) is 11.8 Å². The highest BCUT2D eigenvalue weighted by molar-refractivity contribution is 5.78. The molecule has 7 atom stereocenters. The lowest BCUT2D eigenvalue weighted by molar-refractivity contribution is -0.306. The second kappa shape index (κ2) is 11.2. The fourth-order valence-electron chi connectivity index (χ4n) is 7.98. The van der Waals surface area contributed by atoms with E-state index >= 15 is 0 Å². The number of fused-ring (bicyclic) bond motifs is 3. The van der Waals surface area contributed by atoms with Crippen molar-refractivity contribution in [3.63, 3.8) is 0 Å². The highest BCUT2D eigenvalue weighted by Gasteiger charge is 2.61. The summed E-state index contributed by atoms with van der Waals surface area (Å²) in [6.45, 7) is 5.72. The molecule has 8 heteroatoms. The van der Waals surface area contributed by atoms with E-state index in [0.29, 0.717) is 26.1 Å². The van der Waals surface area contributed by atoms with Crippen molar-refractivity contribution in [3.05, 3.63) is 35.6 Å². The molecule has 210 valence electrons. The van der Waals surface area contributed by atoms with E-state index in [2.05, 4.69) is 24.5 Å². The molecule has 1 saturated heterocycles. The Balaban J connectivity index is 1.19. The first-order valence-corrected chi connectivity index (χ1v) is 14.4. The molecule has 0 spiro atoms. The van der Waals surface area contributed by atoms with Crippen molar-refractivity contribution in [1.29, 1.82) is 0 Å². The van der Waals surface area contributed by atoms with Crippen molar-refractivity contribution in [3.8, 4) is 0 Å². The molecule has 0 bridgehead atoms. The van der Waals surface area contributed by atoms with Gasteiger partial charge in [-0.25, -0.2) is 4.39 Å². The number of amides is 2. The van der Waals surface area contributed by atoms with Crippen LogP contribution < -0.4 is 10.6 Å². The van der Waals surface area contributed by atoms with Crippen molar-refractivity contribution in [2.45, 2.75) is 96.7 Å². The van der Waals surface area contributed by atoms with Crippen molar-refractivity contribution >= 4 is 11.8 Å². The molecule has 1 aromatic rings. The minimum absolute atomic E-state index is 0.0194. The fourth-order valence-corrected chi connectivity index (χ4v) is 7.98. The predicted molar refractivity (Wildman–Crippen MR) is 140 cm³/mol. The monoisotopic (exact) mass is 530 g/mol. The number of aliphatic hydroxyl groups excluding tert-OH is 1. The summed E-state index contributed by atoms with van der Waals surface area (Å²) in [4.78, 5) is 25.4. The summed E-state index contributed by atoms with van der Waals surface area (Å²) in [5, 5.41) is 17.0. The number of aliphatic hydroxyl groups is 1. The summed E-state index contributed by atoms with van der Waals surface area (Å²) in [6.07, 6.45) is 6.72. The number of carbonyl (C=O) groups is 2. The highest BCUT2D eigenvalue weighted by Crippen LogP contribution is 2.62. The molecular weight excluding hydrogens is 487 g/mol. The Morgan fingerprint density at radius 3 is 2.50 bits per heavy atom. The molecule has 5 rings (SSSR count). The van der Waals surface area contributed by atoms with Gasteiger partial charge in [0.15, 0.2) is 6.29 Å². The lowest BCUT2D eigenvalue weighted by atomic mass is 9.46. The molecule has 7 nitrogen and oxygen atoms in total. The molecule has 1 aromatic carbocycles. The van der Waals surface area contributed by atoms with Crippen molar-refractivity contribution in [2.24, 2.45) is 28.6 Å². The van der Waals surface area contributed by atoms with Gasteiger partial charge in [0.1, 0.15) is 5.82 Å². The Bertz CT molecular complexity index is 999. The maximum atomic E-state index is 13.2. The van der Waals surface area contributed by atoms with Crippen LogP contribution in [-0.4, -0.2) is 48.6 Å². The molecule has 0 radical (unpaired) electrons. The number of hydrogen-bond acceptors (Lipinski definition) is 5. The van der Waals surface area contributed by atoms with Crippen LogP contribution in [0.1, 0.15) is 77.2 Å². The summed E-state index contributed by atoms with van der Waals surface area (Å²) in [5.74, 6) is -0.0680. The largest absolute Gasteiger partial charge is 0.393 e. The van der Waals surface area contributed by atoms with Gasteiger partial charge in [-0.1, -0.05) is 38.8 Å². The van der Waals surface area contributed by atoms with E-state index < -0.39 is 12.4 Å². The van der Waals surface area contributed by atoms with Gasteiger partial charge in [-0.05, 0) is 73.5 Å². The van der Waals surface area contributed by atoms with E-state index in [4.69, 9.17) is 9.47 Å². The van der Waals surface area contributed by atoms with Crippen LogP contribution in [-0.2, 0) is 25.6 Å². The zero-order chi connectivity index (χ0) is 26.9. The summed E-state index contributed by atoms with van der Waals surface area (Å²) < 4.78 is 25.8. The van der Waals surface area contributed by atoms with E-state index in [1.54, 1.807) is 12.1 Å². The molecule has 3 saturated carbocycles. The smallest absolute Gasteiger partial charge is 0.223 e. The van der Waals surface area contributed by atoms with Gasteiger partial charge < -0.3 is 25.2 Å². The SMILES string of the molecule is CC12COC(CNC(=O)C3CCCC3)OC1CCC1(C)C(CC(=O)NCc3ccc(F)cc3)C(O)CCC21. The Kier molecular flexibility index (Phi) is 8.13. The average molecular weight is 531 g/mol. The second-order valence-corrected chi connectivity index (χ2v) is 12.6. The first-order chi connectivity index (χ1) is 18.2. The Morgan fingerprint density at radius 2 is 1.76 bits per heavy atom. The fraction of sp³-hybridized carbons (Fsp3) is 0.733. The van der Waals surface area contributed by atoms with Crippen LogP contribution in [0.5, 0.6) is 0 Å². The van der Waals surface area contributed by atoms with Crippen LogP contribution in [0.3, 0.4) is 0 Å². The molecule has 38 heavy (non-hydrogen) atoms. The Labute approximate surface area is 225 Å². The number of benzene rings is 1. The maximum absolute atomic E-state index is 13.2. The molecule has 1 heterocycles. The van der Waals surface area contributed by atoms with Gasteiger partial charge in [-0.15, -0.1) is 0 Å². The lowest BCUT2D eigenvalue weighted by Gasteiger charge is -2.63. The second-order valence-electron chi connectivity index (χ2n) is 12.6. The van der Waals surface area contributed by atoms with Gasteiger partial charge >= 0.3 is 0 Å². The number of carbonyl (C=O) groups excluding carboxylic acids is 2. The average Bonchev–Trinajstić information content (AvgIpc) is 3.44. The minimum Gasteiger partial charge on any atom is -0.393 e. The van der Waals surface area contributed by atoms with E-state index in [-0.39, 0.29) is 58.7 Å². The quantitative estimate of drug-likeness (QED) is 0.494. The topological polar surface area (TPSA) is 96.9 Å². The van der Waals surface area contributed by atoms with Gasteiger partial charge in [-0.2, -0.15) is 0 Å². The molecular formula is C30H43FN2O5. The standard InChI is InChI=1S/C30H43FN2O5/c1-29-14-13-25-30(2,18-37-27(38-25)17-33-28(36)20-5-3-4-6-20)24(29)12-11-23(34)22(29)15-26(35)32-16-19-7-9-21(31)10-8-19/h7-10,20,22-25,27,34H,3-6,11-18H2,1-2H3,(H,32,35)(H,33,36). The number of halogens is 1. The summed E-state index contributed by atoms with van der Waals surface area (Å²) >= 11 is 0. The molecule has 7 unspecified atom stereocenters. The van der Waals surface area contributed by atoms with Crippen LogP contribution >= 0.6 is 0 Å². The maximum Gasteiger partial charge on any atom is 0.223 e. The Hall–Kier alpha value is -2.03. The number of ether oxygens (including phenoxy) is 2. The first-order valence-electron chi connectivity index (χ1n) is 14.4. The molecule has 1 aliphatic heterocycles. The predicted octanol–water partition coefficient (Wildman–Crippen LogP) is 4.07. The molecule has 3 aliphatic carbocycles. The molecule has 0 aromatic heterocycles. The third-order valence-corrected chi connectivity index (χ3v) is 10.2. The van der Waals surface area contributed by atoms with Gasteiger partial charge in [0.25, 0.3) is 0 Å². The van der Waals surface area contributed by atoms with Gasteiger partial charge in [0, 0.05) is 24.3 Å². The minimum atomic E-state index is -0.531. The van der Waals surface area contributed by atoms with Gasteiger partial charge in [-0.3, -0.25) is 9.59 Å². The number of nitrogens with one attached hydrogen (secondary N) is 2. The Morgan fingerprint density at radius 1 is 1.03 bits per heavy atom. The van der Waals surface area contributed by atoms with E-state index in [0.717, 1.165) is 50.5 Å².